The quantitative estimate of drug-likeness (QED) is 0.273. The van der Waals surface area contributed by atoms with Gasteiger partial charge >= 0.3 is 17.9 Å². The fourth-order valence-corrected chi connectivity index (χ4v) is 3.58. The van der Waals surface area contributed by atoms with Crippen molar-refractivity contribution in [3.05, 3.63) is 53.6 Å². The molecule has 0 heterocycles. The number of carboxylic acid groups (broad SMARTS) is 1. The van der Waals surface area contributed by atoms with Crippen LogP contribution < -0.4 is 14.2 Å². The summed E-state index contributed by atoms with van der Waals surface area (Å²) < 4.78 is 35.9. The van der Waals surface area contributed by atoms with Gasteiger partial charge in [0, 0.05) is 20.8 Å². The molecule has 2 aromatic carbocycles. The molecule has 0 saturated carbocycles. The number of nitrogens with one attached hydrogen (secondary N) is 1. The van der Waals surface area contributed by atoms with Gasteiger partial charge in [0.2, 0.25) is 5.91 Å². The maximum Gasteiger partial charge on any atom is 0.336 e. The van der Waals surface area contributed by atoms with E-state index in [1.54, 1.807) is 0 Å². The Bertz CT molecular complexity index is 1210. The van der Waals surface area contributed by atoms with E-state index in [1.807, 2.05) is 4.72 Å². The predicted molar refractivity (Wildman–Crippen MR) is 112 cm³/mol. The van der Waals surface area contributed by atoms with Gasteiger partial charge in [0.15, 0.2) is 11.5 Å². The van der Waals surface area contributed by atoms with E-state index in [-0.39, 0.29) is 27.5 Å². The fraction of sp³-hybridized carbons (Fsp3) is 0.143. The Labute approximate surface area is 183 Å². The number of hydrogen-bond donors (Lipinski definition) is 2. The van der Waals surface area contributed by atoms with E-state index in [2.05, 4.69) is 0 Å². The summed E-state index contributed by atoms with van der Waals surface area (Å²) >= 11 is 0. The first kappa shape index (κ1) is 24.3. The molecular weight excluding hydrogens is 442 g/mol. The standard InChI is InChI=1S/C21H19NO9S/c1-12(23)22-32(28,29)17-7-5-16(6-8-17)18(21(26)27)10-15-4-9-19(30-13(2)24)20(11-15)31-14(3)25/h4-11H,1-3H3,(H,22,23)(H,26,27)/b18-10+. The lowest BCUT2D eigenvalue weighted by atomic mass is 10.0. The molecule has 0 spiro atoms. The molecule has 32 heavy (non-hydrogen) atoms. The molecule has 11 heteroatoms. The number of carbonyl (C=O) groups is 4. The maximum atomic E-state index is 12.0. The predicted octanol–water partition coefficient (Wildman–Crippen LogP) is 1.99. The van der Waals surface area contributed by atoms with Crippen LogP contribution in [0.5, 0.6) is 11.5 Å². The molecule has 0 fully saturated rings. The van der Waals surface area contributed by atoms with E-state index < -0.39 is 33.8 Å². The van der Waals surface area contributed by atoms with Gasteiger partial charge in [-0.2, -0.15) is 0 Å². The van der Waals surface area contributed by atoms with Crippen LogP contribution in [-0.4, -0.2) is 37.3 Å². The highest BCUT2D eigenvalue weighted by Gasteiger charge is 2.18. The number of carbonyl (C=O) groups excluding carboxylic acids is 3. The Morgan fingerprint density at radius 1 is 0.875 bits per heavy atom. The summed E-state index contributed by atoms with van der Waals surface area (Å²) in [5, 5.41) is 9.63. The maximum absolute atomic E-state index is 12.0. The molecule has 1 amide bonds. The van der Waals surface area contributed by atoms with Gasteiger partial charge in [0.1, 0.15) is 0 Å². The van der Waals surface area contributed by atoms with Gasteiger partial charge in [0.25, 0.3) is 10.0 Å². The van der Waals surface area contributed by atoms with Crippen LogP contribution in [-0.2, 0) is 29.2 Å². The molecule has 0 radical (unpaired) electrons. The summed E-state index contributed by atoms with van der Waals surface area (Å²) in [6, 6.07) is 8.97. The average Bonchev–Trinajstić information content (AvgIpc) is 2.66. The van der Waals surface area contributed by atoms with E-state index in [9.17, 15) is 32.7 Å². The van der Waals surface area contributed by atoms with Crippen LogP contribution >= 0.6 is 0 Å². The summed E-state index contributed by atoms with van der Waals surface area (Å²) in [7, 11) is -4.07. The minimum atomic E-state index is -4.07. The number of esters is 2. The van der Waals surface area contributed by atoms with Crippen LogP contribution in [0.2, 0.25) is 0 Å². The third-order valence-corrected chi connectivity index (χ3v) is 5.22. The number of carboxylic acids is 1. The van der Waals surface area contributed by atoms with Crippen LogP contribution in [0.3, 0.4) is 0 Å². The van der Waals surface area contributed by atoms with Crippen LogP contribution in [0.25, 0.3) is 11.6 Å². The van der Waals surface area contributed by atoms with Gasteiger partial charge in [-0.25, -0.2) is 17.9 Å². The first-order valence-electron chi connectivity index (χ1n) is 8.98. The van der Waals surface area contributed by atoms with E-state index in [4.69, 9.17) is 9.47 Å². The number of sulfonamides is 1. The third kappa shape index (κ3) is 6.51. The molecule has 0 bridgehead atoms. The highest BCUT2D eigenvalue weighted by atomic mass is 32.2. The van der Waals surface area contributed by atoms with E-state index in [1.165, 1.54) is 43.3 Å². The fourth-order valence-electron chi connectivity index (χ4n) is 2.59. The molecule has 0 saturated heterocycles. The monoisotopic (exact) mass is 461 g/mol. The van der Waals surface area contributed by atoms with Crippen molar-refractivity contribution in [3.63, 3.8) is 0 Å². The zero-order chi connectivity index (χ0) is 24.1. The van der Waals surface area contributed by atoms with Crippen molar-refractivity contribution in [2.24, 2.45) is 0 Å². The average molecular weight is 461 g/mol. The Kier molecular flexibility index (Phi) is 7.50. The third-order valence-electron chi connectivity index (χ3n) is 3.77. The first-order chi connectivity index (χ1) is 14.9. The lowest BCUT2D eigenvalue weighted by Crippen LogP contribution is -2.28. The first-order valence-corrected chi connectivity index (χ1v) is 10.5. The van der Waals surface area contributed by atoms with E-state index in [0.717, 1.165) is 26.0 Å². The number of rotatable bonds is 7. The van der Waals surface area contributed by atoms with Crippen molar-refractivity contribution < 1.29 is 42.2 Å². The second kappa shape index (κ2) is 9.88. The highest BCUT2D eigenvalue weighted by Crippen LogP contribution is 2.31. The Morgan fingerprint density at radius 3 is 1.94 bits per heavy atom. The smallest absolute Gasteiger partial charge is 0.336 e. The number of aliphatic carboxylic acids is 1. The van der Waals surface area contributed by atoms with Crippen molar-refractivity contribution in [3.8, 4) is 11.5 Å². The SMILES string of the molecule is CC(=O)NS(=O)(=O)c1ccc(/C(=C\c2ccc(OC(C)=O)c(OC(C)=O)c2)C(=O)O)cc1. The normalized spacial score (nSPS) is 11.4. The second-order valence-corrected chi connectivity index (χ2v) is 8.13. The van der Waals surface area contributed by atoms with E-state index >= 15 is 0 Å². The topological polar surface area (TPSA) is 153 Å². The van der Waals surface area contributed by atoms with Gasteiger partial charge in [-0.3, -0.25) is 14.4 Å². The number of hydrogen-bond acceptors (Lipinski definition) is 8. The van der Waals surface area contributed by atoms with Crippen molar-refractivity contribution in [2.75, 3.05) is 0 Å². The molecule has 0 aliphatic heterocycles. The lowest BCUT2D eigenvalue weighted by Gasteiger charge is -2.10. The molecule has 0 aliphatic rings. The molecular formula is C21H19NO9S. The molecule has 0 aromatic heterocycles. The van der Waals surface area contributed by atoms with E-state index in [0.29, 0.717) is 5.56 Å². The van der Waals surface area contributed by atoms with Gasteiger partial charge in [-0.1, -0.05) is 18.2 Å². The molecule has 2 N–H and O–H groups in total. The Hall–Kier alpha value is -3.99. The molecule has 2 aromatic rings. The summed E-state index contributed by atoms with van der Waals surface area (Å²) in [6.07, 6.45) is 1.27. The van der Waals surface area contributed by atoms with Crippen molar-refractivity contribution >= 4 is 45.5 Å². The van der Waals surface area contributed by atoms with Crippen molar-refractivity contribution in [1.82, 2.24) is 4.72 Å². The van der Waals surface area contributed by atoms with Crippen molar-refractivity contribution in [1.29, 1.82) is 0 Å². The zero-order valence-corrected chi connectivity index (χ0v) is 18.1. The zero-order valence-electron chi connectivity index (χ0n) is 17.2. The molecule has 0 aliphatic carbocycles. The minimum absolute atomic E-state index is 0.0192. The van der Waals surface area contributed by atoms with Crippen LogP contribution in [0.1, 0.15) is 31.9 Å². The van der Waals surface area contributed by atoms with Gasteiger partial charge in [-0.15, -0.1) is 0 Å². The Balaban J connectivity index is 2.47. The lowest BCUT2D eigenvalue weighted by molar-refractivity contribution is -0.134. The molecule has 0 unspecified atom stereocenters. The highest BCUT2D eigenvalue weighted by molar-refractivity contribution is 7.90. The molecule has 168 valence electrons. The molecule has 10 nitrogen and oxygen atoms in total. The van der Waals surface area contributed by atoms with Gasteiger partial charge < -0.3 is 14.6 Å². The summed E-state index contributed by atoms with van der Waals surface area (Å²) in [5.41, 5.74) is 0.296. The Morgan fingerprint density at radius 2 is 1.44 bits per heavy atom. The number of benzene rings is 2. The minimum Gasteiger partial charge on any atom is -0.478 e. The largest absolute Gasteiger partial charge is 0.478 e. The van der Waals surface area contributed by atoms with Crippen molar-refractivity contribution in [2.45, 2.75) is 25.7 Å². The number of ether oxygens (including phenoxy) is 2. The molecule has 2 rings (SSSR count). The van der Waals surface area contributed by atoms with Gasteiger partial charge in [-0.05, 0) is 41.5 Å². The molecule has 0 atom stereocenters. The van der Waals surface area contributed by atoms with Crippen LogP contribution in [0.4, 0.5) is 0 Å². The summed E-state index contributed by atoms with van der Waals surface area (Å²) in [5.74, 6) is -3.48. The second-order valence-electron chi connectivity index (χ2n) is 6.44. The number of amides is 1. The van der Waals surface area contributed by atoms with Gasteiger partial charge in [0.05, 0.1) is 10.5 Å². The summed E-state index contributed by atoms with van der Waals surface area (Å²) in [6.45, 7) is 3.37. The van der Waals surface area contributed by atoms with Crippen LogP contribution in [0.15, 0.2) is 47.4 Å². The van der Waals surface area contributed by atoms with Crippen LogP contribution in [0, 0.1) is 0 Å². The summed E-state index contributed by atoms with van der Waals surface area (Å²) in [4.78, 5) is 45.2.